The van der Waals surface area contributed by atoms with Crippen LogP contribution in [0.3, 0.4) is 0 Å². The topological polar surface area (TPSA) is 109 Å². The highest BCUT2D eigenvalue weighted by Crippen LogP contribution is 2.29. The summed E-state index contributed by atoms with van der Waals surface area (Å²) in [6, 6.07) is 17.9. The molecule has 7 nitrogen and oxygen atoms in total. The zero-order chi connectivity index (χ0) is 21.7. The lowest BCUT2D eigenvalue weighted by molar-refractivity contribution is 0.0510. The Balaban J connectivity index is 1.92. The number of sulfonamides is 1. The van der Waals surface area contributed by atoms with Gasteiger partial charge in [-0.1, -0.05) is 18.2 Å². The van der Waals surface area contributed by atoms with Crippen molar-refractivity contribution in [2.45, 2.75) is 12.5 Å². The van der Waals surface area contributed by atoms with E-state index in [0.717, 1.165) is 17.0 Å². The van der Waals surface area contributed by atoms with Crippen LogP contribution in [0.5, 0.6) is 5.75 Å². The van der Waals surface area contributed by atoms with Crippen molar-refractivity contribution in [3.8, 4) is 11.8 Å². The number of fused-ring (bicyclic) bond motifs is 1. The van der Waals surface area contributed by atoms with Crippen LogP contribution < -0.4 is 9.46 Å². The molecule has 0 fully saturated rings. The molecule has 2 N–H and O–H groups in total. The number of ether oxygens (including phenoxy) is 2. The summed E-state index contributed by atoms with van der Waals surface area (Å²) in [6.45, 7) is 0.0484. The summed E-state index contributed by atoms with van der Waals surface area (Å²) in [4.78, 5) is 0. The molecule has 156 valence electrons. The summed E-state index contributed by atoms with van der Waals surface area (Å²) in [5.74, 6) is 0.496. The second-order valence-electron chi connectivity index (χ2n) is 6.90. The zero-order valence-electron chi connectivity index (χ0n) is 16.6. The van der Waals surface area contributed by atoms with Crippen LogP contribution in [0, 0.1) is 11.3 Å². The van der Waals surface area contributed by atoms with E-state index < -0.39 is 16.1 Å². The first-order valence-electron chi connectivity index (χ1n) is 9.13. The maximum atomic E-state index is 11.7. The van der Waals surface area contributed by atoms with Crippen LogP contribution in [0.1, 0.15) is 22.8 Å². The van der Waals surface area contributed by atoms with E-state index in [1.807, 2.05) is 24.3 Å². The minimum absolute atomic E-state index is 0.0484. The first-order chi connectivity index (χ1) is 14.3. The molecule has 0 spiro atoms. The van der Waals surface area contributed by atoms with E-state index in [2.05, 4.69) is 10.8 Å². The Morgan fingerprint density at radius 2 is 1.87 bits per heavy atom. The summed E-state index contributed by atoms with van der Waals surface area (Å²) < 4.78 is 36.3. The van der Waals surface area contributed by atoms with Crippen LogP contribution >= 0.6 is 0 Å². The number of nitriles is 1. The molecule has 0 heterocycles. The molecule has 0 bridgehead atoms. The average molecular weight is 426 g/mol. The van der Waals surface area contributed by atoms with Gasteiger partial charge in [-0.2, -0.15) is 5.26 Å². The molecule has 0 aliphatic rings. The second kappa shape index (κ2) is 9.13. The van der Waals surface area contributed by atoms with Crippen molar-refractivity contribution in [3.63, 3.8) is 0 Å². The highest BCUT2D eigenvalue weighted by Gasteiger charge is 2.15. The first kappa shape index (κ1) is 21.6. The van der Waals surface area contributed by atoms with Crippen molar-refractivity contribution in [1.82, 2.24) is 0 Å². The molecule has 1 atom stereocenters. The van der Waals surface area contributed by atoms with E-state index in [4.69, 9.17) is 14.7 Å². The number of nitrogens with one attached hydrogen (secondary N) is 1. The summed E-state index contributed by atoms with van der Waals surface area (Å²) in [5.41, 5.74) is 2.14. The quantitative estimate of drug-likeness (QED) is 0.535. The van der Waals surface area contributed by atoms with Gasteiger partial charge in [-0.3, -0.25) is 4.72 Å². The lowest BCUT2D eigenvalue weighted by atomic mass is 9.97. The van der Waals surface area contributed by atoms with Gasteiger partial charge in [0.15, 0.2) is 6.79 Å². The molecule has 3 rings (SSSR count). The third-order valence-corrected chi connectivity index (χ3v) is 5.10. The minimum atomic E-state index is -3.49. The molecule has 3 aromatic carbocycles. The second-order valence-corrected chi connectivity index (χ2v) is 8.65. The predicted molar refractivity (Wildman–Crippen MR) is 115 cm³/mol. The normalized spacial score (nSPS) is 12.3. The SMILES string of the molecule is COCOc1ccc(NS(C)(=O)=O)c(CC(O)c2ccc3ccc(C#N)cc3c2)c1. The zero-order valence-corrected chi connectivity index (χ0v) is 17.4. The molecule has 0 aromatic heterocycles. The molecule has 0 saturated carbocycles. The van der Waals surface area contributed by atoms with Crippen LogP contribution in [0.25, 0.3) is 10.8 Å². The van der Waals surface area contributed by atoms with E-state index in [1.54, 1.807) is 30.3 Å². The van der Waals surface area contributed by atoms with Gasteiger partial charge < -0.3 is 14.6 Å². The van der Waals surface area contributed by atoms with Crippen molar-refractivity contribution in [3.05, 3.63) is 71.3 Å². The summed E-state index contributed by atoms with van der Waals surface area (Å²) in [6.07, 6.45) is 0.336. The van der Waals surface area contributed by atoms with Gasteiger partial charge in [-0.15, -0.1) is 0 Å². The van der Waals surface area contributed by atoms with Gasteiger partial charge in [-0.25, -0.2) is 8.42 Å². The average Bonchev–Trinajstić information content (AvgIpc) is 2.72. The van der Waals surface area contributed by atoms with Gasteiger partial charge in [0.05, 0.1) is 29.7 Å². The fourth-order valence-electron chi connectivity index (χ4n) is 3.12. The Labute approximate surface area is 175 Å². The number of aliphatic hydroxyl groups is 1. The van der Waals surface area contributed by atoms with Crippen molar-refractivity contribution in [1.29, 1.82) is 5.26 Å². The molecular weight excluding hydrogens is 404 g/mol. The summed E-state index contributed by atoms with van der Waals surface area (Å²) in [7, 11) is -1.99. The van der Waals surface area contributed by atoms with Crippen molar-refractivity contribution in [2.24, 2.45) is 0 Å². The lowest BCUT2D eigenvalue weighted by Crippen LogP contribution is -2.13. The summed E-state index contributed by atoms with van der Waals surface area (Å²) >= 11 is 0. The molecule has 8 heteroatoms. The number of nitrogens with zero attached hydrogens (tertiary/aromatic N) is 1. The van der Waals surface area contributed by atoms with Crippen LogP contribution in [0.2, 0.25) is 0 Å². The molecule has 30 heavy (non-hydrogen) atoms. The molecule has 0 aliphatic heterocycles. The van der Waals surface area contributed by atoms with E-state index in [1.165, 1.54) is 7.11 Å². The molecule has 0 amide bonds. The molecule has 3 aromatic rings. The number of hydrogen-bond donors (Lipinski definition) is 2. The highest BCUT2D eigenvalue weighted by atomic mass is 32.2. The smallest absolute Gasteiger partial charge is 0.229 e. The number of anilines is 1. The molecule has 0 saturated heterocycles. The Kier molecular flexibility index (Phi) is 6.57. The van der Waals surface area contributed by atoms with Crippen molar-refractivity contribution < 1.29 is 23.0 Å². The Morgan fingerprint density at radius 3 is 2.57 bits per heavy atom. The van der Waals surface area contributed by atoms with Crippen molar-refractivity contribution in [2.75, 3.05) is 24.9 Å². The third kappa shape index (κ3) is 5.48. The maximum Gasteiger partial charge on any atom is 0.229 e. The Hall–Kier alpha value is -3.12. The maximum absolute atomic E-state index is 11.7. The van der Waals surface area contributed by atoms with Gasteiger partial charge in [0.25, 0.3) is 0 Å². The van der Waals surface area contributed by atoms with Gasteiger partial charge in [-0.05, 0) is 58.3 Å². The third-order valence-electron chi connectivity index (χ3n) is 4.51. The fourth-order valence-corrected chi connectivity index (χ4v) is 3.72. The fraction of sp³-hybridized carbons (Fsp3) is 0.227. The van der Waals surface area contributed by atoms with Crippen LogP contribution in [-0.2, 0) is 21.2 Å². The van der Waals surface area contributed by atoms with Gasteiger partial charge in [0.1, 0.15) is 5.75 Å². The predicted octanol–water partition coefficient (Wildman–Crippen LogP) is 3.34. The monoisotopic (exact) mass is 426 g/mol. The van der Waals surface area contributed by atoms with E-state index in [0.29, 0.717) is 28.1 Å². The van der Waals surface area contributed by atoms with Gasteiger partial charge in [0.2, 0.25) is 10.0 Å². The van der Waals surface area contributed by atoms with E-state index >= 15 is 0 Å². The summed E-state index contributed by atoms with van der Waals surface area (Å²) in [5, 5.41) is 21.7. The Bertz CT molecular complexity index is 1200. The first-order valence-corrected chi connectivity index (χ1v) is 11.0. The van der Waals surface area contributed by atoms with Gasteiger partial charge in [0, 0.05) is 13.5 Å². The Morgan fingerprint density at radius 1 is 1.10 bits per heavy atom. The lowest BCUT2D eigenvalue weighted by Gasteiger charge is -2.17. The van der Waals surface area contributed by atoms with Crippen LogP contribution in [0.15, 0.2) is 54.6 Å². The van der Waals surface area contributed by atoms with Crippen molar-refractivity contribution >= 4 is 26.5 Å². The molecule has 1 unspecified atom stereocenters. The number of rotatable bonds is 8. The highest BCUT2D eigenvalue weighted by molar-refractivity contribution is 7.92. The standard InChI is InChI=1S/C22H22N2O5S/c1-28-14-29-20-7-8-21(24-30(2,26)27)19(11-20)12-22(25)17-6-5-16-4-3-15(13-23)9-18(16)10-17/h3-11,22,24-25H,12,14H2,1-2H3. The minimum Gasteiger partial charge on any atom is -0.468 e. The van der Waals surface area contributed by atoms with E-state index in [-0.39, 0.29) is 13.2 Å². The number of benzene rings is 3. The number of methoxy groups -OCH3 is 1. The number of hydrogen-bond acceptors (Lipinski definition) is 6. The van der Waals surface area contributed by atoms with Crippen LogP contribution in [0.4, 0.5) is 5.69 Å². The molecule has 0 radical (unpaired) electrons. The van der Waals surface area contributed by atoms with E-state index in [9.17, 15) is 13.5 Å². The van der Waals surface area contributed by atoms with Gasteiger partial charge >= 0.3 is 0 Å². The number of aliphatic hydroxyl groups excluding tert-OH is 1. The molecular formula is C22H22N2O5S. The largest absolute Gasteiger partial charge is 0.468 e. The molecule has 0 aliphatic carbocycles. The van der Waals surface area contributed by atoms with Crippen LogP contribution in [-0.4, -0.2) is 33.7 Å².